The molecule has 0 unspecified atom stereocenters. The van der Waals surface area contributed by atoms with E-state index >= 15 is 0 Å². The smallest absolute Gasteiger partial charge is 0.226 e. The predicted molar refractivity (Wildman–Crippen MR) is 57.6 cm³/mol. The summed E-state index contributed by atoms with van der Waals surface area (Å²) in [4.78, 5) is 15.5. The number of anilines is 1. The lowest BCUT2D eigenvalue weighted by Crippen LogP contribution is -2.11. The van der Waals surface area contributed by atoms with E-state index in [1.807, 2.05) is 5.38 Å². The molecule has 0 atom stereocenters. The molecule has 0 aromatic carbocycles. The third-order valence-electron chi connectivity index (χ3n) is 2.11. The molecular weight excluding hydrogens is 220 g/mol. The van der Waals surface area contributed by atoms with E-state index in [-0.39, 0.29) is 5.91 Å². The van der Waals surface area contributed by atoms with Gasteiger partial charge in [0.1, 0.15) is 0 Å². The Kier molecular flexibility index (Phi) is 3.03. The third-order valence-corrected chi connectivity index (χ3v) is 3.19. The van der Waals surface area contributed by atoms with E-state index in [4.69, 9.17) is 11.6 Å². The molecule has 0 spiro atoms. The van der Waals surface area contributed by atoms with E-state index in [9.17, 15) is 4.79 Å². The molecular formula is C9H11ClN2OS. The van der Waals surface area contributed by atoms with Crippen molar-refractivity contribution in [2.75, 3.05) is 5.32 Å². The van der Waals surface area contributed by atoms with Crippen LogP contribution in [0.25, 0.3) is 0 Å². The van der Waals surface area contributed by atoms with Gasteiger partial charge in [-0.2, -0.15) is 0 Å². The van der Waals surface area contributed by atoms with Crippen molar-refractivity contribution in [3.63, 3.8) is 0 Å². The van der Waals surface area contributed by atoms with Crippen LogP contribution < -0.4 is 5.32 Å². The van der Waals surface area contributed by atoms with Crippen LogP contribution in [0.1, 0.15) is 25.0 Å². The maximum atomic E-state index is 11.4. The zero-order valence-electron chi connectivity index (χ0n) is 7.62. The number of aromatic nitrogens is 1. The Balaban J connectivity index is 1.85. The van der Waals surface area contributed by atoms with Crippen molar-refractivity contribution in [3.8, 4) is 0 Å². The van der Waals surface area contributed by atoms with E-state index in [0.717, 1.165) is 5.69 Å². The average molecular weight is 231 g/mol. The average Bonchev–Trinajstić information content (AvgIpc) is 2.83. The molecule has 1 aliphatic rings. The number of carbonyl (C=O) groups excluding carboxylic acids is 1. The molecule has 3 nitrogen and oxygen atoms in total. The second-order valence-corrected chi connectivity index (χ2v) is 4.60. The number of nitrogens with zero attached hydrogens (tertiary/aromatic N) is 1. The molecule has 1 saturated carbocycles. The van der Waals surface area contributed by atoms with Gasteiger partial charge in [0.05, 0.1) is 11.6 Å². The minimum absolute atomic E-state index is 0.0722. The Morgan fingerprint density at radius 3 is 3.07 bits per heavy atom. The van der Waals surface area contributed by atoms with Gasteiger partial charge in [-0.05, 0) is 18.8 Å². The molecule has 2 rings (SSSR count). The van der Waals surface area contributed by atoms with E-state index in [2.05, 4.69) is 10.3 Å². The molecule has 0 bridgehead atoms. The first-order valence-corrected chi connectivity index (χ1v) is 5.99. The van der Waals surface area contributed by atoms with Gasteiger partial charge in [0.15, 0.2) is 5.13 Å². The lowest BCUT2D eigenvalue weighted by Gasteiger charge is -1.98. The fourth-order valence-corrected chi connectivity index (χ4v) is 2.14. The molecule has 1 fully saturated rings. The van der Waals surface area contributed by atoms with Gasteiger partial charge in [0, 0.05) is 11.8 Å². The van der Waals surface area contributed by atoms with E-state index in [1.54, 1.807) is 0 Å². The van der Waals surface area contributed by atoms with Gasteiger partial charge in [-0.1, -0.05) is 0 Å². The summed E-state index contributed by atoms with van der Waals surface area (Å²) in [6.45, 7) is 0. The highest BCUT2D eigenvalue weighted by atomic mass is 35.5. The summed E-state index contributed by atoms with van der Waals surface area (Å²) >= 11 is 7.03. The van der Waals surface area contributed by atoms with Gasteiger partial charge in [-0.25, -0.2) is 4.98 Å². The van der Waals surface area contributed by atoms with Crippen LogP contribution in [-0.2, 0) is 10.7 Å². The standard InChI is InChI=1S/C9H11ClN2OS/c10-4-7-5-14-9(11-7)12-8(13)3-6-1-2-6/h5-6H,1-4H2,(H,11,12,13). The second kappa shape index (κ2) is 4.28. The second-order valence-electron chi connectivity index (χ2n) is 3.47. The molecule has 1 amide bonds. The molecule has 0 saturated heterocycles. The van der Waals surface area contributed by atoms with Crippen molar-refractivity contribution in [1.29, 1.82) is 0 Å². The Hall–Kier alpha value is -0.610. The van der Waals surface area contributed by atoms with Crippen molar-refractivity contribution >= 4 is 34.0 Å². The topological polar surface area (TPSA) is 42.0 Å². The summed E-state index contributed by atoms with van der Waals surface area (Å²) in [5.41, 5.74) is 0.818. The minimum atomic E-state index is 0.0722. The minimum Gasteiger partial charge on any atom is -0.302 e. The fraction of sp³-hybridized carbons (Fsp3) is 0.556. The molecule has 1 heterocycles. The van der Waals surface area contributed by atoms with Gasteiger partial charge < -0.3 is 5.32 Å². The Morgan fingerprint density at radius 2 is 2.50 bits per heavy atom. The summed E-state index contributed by atoms with van der Waals surface area (Å²) in [5.74, 6) is 1.08. The summed E-state index contributed by atoms with van der Waals surface area (Å²) < 4.78 is 0. The van der Waals surface area contributed by atoms with Crippen molar-refractivity contribution in [2.45, 2.75) is 25.1 Å². The first kappa shape index (κ1) is 9.93. The number of thiazole rings is 1. The zero-order chi connectivity index (χ0) is 9.97. The van der Waals surface area contributed by atoms with E-state index in [0.29, 0.717) is 23.4 Å². The normalized spacial score (nSPS) is 15.5. The van der Waals surface area contributed by atoms with Crippen molar-refractivity contribution in [3.05, 3.63) is 11.1 Å². The summed E-state index contributed by atoms with van der Waals surface area (Å²) in [6.07, 6.45) is 3.02. The number of rotatable bonds is 4. The van der Waals surface area contributed by atoms with E-state index < -0.39 is 0 Å². The summed E-state index contributed by atoms with van der Waals surface area (Å²) in [6, 6.07) is 0. The number of carbonyl (C=O) groups is 1. The Bertz CT molecular complexity index is 335. The van der Waals surface area contributed by atoms with Crippen LogP contribution in [0.15, 0.2) is 5.38 Å². The lowest BCUT2D eigenvalue weighted by atomic mass is 10.3. The number of hydrogen-bond acceptors (Lipinski definition) is 3. The molecule has 5 heteroatoms. The molecule has 76 valence electrons. The van der Waals surface area contributed by atoms with Gasteiger partial charge in [0.25, 0.3) is 0 Å². The van der Waals surface area contributed by atoms with Crippen molar-refractivity contribution in [2.24, 2.45) is 5.92 Å². The molecule has 0 aliphatic heterocycles. The Morgan fingerprint density at radius 1 is 1.71 bits per heavy atom. The molecule has 1 aromatic rings. The van der Waals surface area contributed by atoms with Crippen LogP contribution in [0.4, 0.5) is 5.13 Å². The zero-order valence-corrected chi connectivity index (χ0v) is 9.20. The largest absolute Gasteiger partial charge is 0.302 e. The van der Waals surface area contributed by atoms with Crippen LogP contribution >= 0.6 is 22.9 Å². The number of hydrogen-bond donors (Lipinski definition) is 1. The SMILES string of the molecule is O=C(CC1CC1)Nc1nc(CCl)cs1. The Labute approximate surface area is 91.5 Å². The molecule has 14 heavy (non-hydrogen) atoms. The summed E-state index contributed by atoms with van der Waals surface area (Å²) in [7, 11) is 0. The van der Waals surface area contributed by atoms with Crippen LogP contribution in [0.2, 0.25) is 0 Å². The third kappa shape index (κ3) is 2.69. The molecule has 1 aromatic heterocycles. The number of nitrogens with one attached hydrogen (secondary N) is 1. The highest BCUT2D eigenvalue weighted by Gasteiger charge is 2.24. The van der Waals surface area contributed by atoms with Gasteiger partial charge in [0.2, 0.25) is 5.91 Å². The van der Waals surface area contributed by atoms with E-state index in [1.165, 1.54) is 24.2 Å². The maximum Gasteiger partial charge on any atom is 0.226 e. The molecule has 1 N–H and O–H groups in total. The lowest BCUT2D eigenvalue weighted by molar-refractivity contribution is -0.116. The number of alkyl halides is 1. The van der Waals surface area contributed by atoms with Crippen LogP contribution in [0.3, 0.4) is 0 Å². The van der Waals surface area contributed by atoms with Gasteiger partial charge >= 0.3 is 0 Å². The van der Waals surface area contributed by atoms with Crippen LogP contribution in [0, 0.1) is 5.92 Å². The van der Waals surface area contributed by atoms with Gasteiger partial charge in [-0.15, -0.1) is 22.9 Å². The molecule has 1 aliphatic carbocycles. The fourth-order valence-electron chi connectivity index (χ4n) is 1.18. The monoisotopic (exact) mass is 230 g/mol. The summed E-state index contributed by atoms with van der Waals surface area (Å²) in [5, 5.41) is 5.30. The number of halogens is 1. The van der Waals surface area contributed by atoms with Crippen LogP contribution in [-0.4, -0.2) is 10.9 Å². The van der Waals surface area contributed by atoms with Crippen molar-refractivity contribution in [1.82, 2.24) is 4.98 Å². The first-order chi connectivity index (χ1) is 6.78. The predicted octanol–water partition coefficient (Wildman–Crippen LogP) is 2.62. The van der Waals surface area contributed by atoms with Crippen molar-refractivity contribution < 1.29 is 4.79 Å². The first-order valence-electron chi connectivity index (χ1n) is 4.58. The van der Waals surface area contributed by atoms with Gasteiger partial charge in [-0.3, -0.25) is 4.79 Å². The highest BCUT2D eigenvalue weighted by Crippen LogP contribution is 2.32. The molecule has 0 radical (unpaired) electrons. The maximum absolute atomic E-state index is 11.4. The van der Waals surface area contributed by atoms with Crippen LogP contribution in [0.5, 0.6) is 0 Å². The number of amides is 1. The quantitative estimate of drug-likeness (QED) is 0.808. The highest BCUT2D eigenvalue weighted by molar-refractivity contribution is 7.13.